The molecule has 0 saturated carbocycles. The van der Waals surface area contributed by atoms with Crippen molar-refractivity contribution in [2.75, 3.05) is 9.80 Å². The van der Waals surface area contributed by atoms with Gasteiger partial charge in [-0.25, -0.2) is 0 Å². The fraction of sp³-hybridized carbons (Fsp3) is 0. The number of hydrogen-bond acceptors (Lipinski definition) is 4. The summed E-state index contributed by atoms with van der Waals surface area (Å²) in [7, 11) is 0. The van der Waals surface area contributed by atoms with Crippen molar-refractivity contribution < 1.29 is 0 Å². The zero-order valence-electron chi connectivity index (χ0n) is 28.2. The molecule has 0 bridgehead atoms. The van der Waals surface area contributed by atoms with Crippen LogP contribution in [0.25, 0.3) is 51.5 Å². The molecule has 10 rings (SSSR count). The van der Waals surface area contributed by atoms with Gasteiger partial charge >= 0.3 is 0 Å². The molecule has 0 radical (unpaired) electrons. The minimum Gasteiger partial charge on any atom is -0.311 e. The van der Waals surface area contributed by atoms with Crippen LogP contribution in [0.15, 0.2) is 194 Å². The van der Waals surface area contributed by atoms with E-state index in [0.29, 0.717) is 0 Å². The molecule has 4 heteroatoms. The highest BCUT2D eigenvalue weighted by atomic mass is 32.1. The Morgan fingerprint density at radius 3 is 1.10 bits per heavy atom. The molecular weight excluding hydrogens is 669 g/mol. The molecule has 0 saturated heterocycles. The summed E-state index contributed by atoms with van der Waals surface area (Å²) in [6.07, 6.45) is 0. The van der Waals surface area contributed by atoms with Gasteiger partial charge in [0.1, 0.15) is 0 Å². The van der Waals surface area contributed by atoms with Crippen molar-refractivity contribution in [3.05, 3.63) is 194 Å². The number of hydrogen-bond donors (Lipinski definition) is 0. The van der Waals surface area contributed by atoms with Gasteiger partial charge in [0.25, 0.3) is 0 Å². The molecule has 0 unspecified atom stereocenters. The standard InChI is InChI=1S/C48H32N2S2/c1-3-13-35(14-4-1)49(36-15-5-2-6-16-36)37-29-25-33(26-30-37)34-27-31-38(32-28-34)50(43-21-11-19-41-39-17-7-9-23-45(39)51-47(41)43)44-22-12-20-42-40-18-8-10-24-46(40)52-48(42)44/h1-32H. The molecule has 2 nitrogen and oxygen atoms in total. The van der Waals surface area contributed by atoms with Gasteiger partial charge in [-0.2, -0.15) is 0 Å². The predicted octanol–water partition coefficient (Wildman–Crippen LogP) is 15.0. The lowest BCUT2D eigenvalue weighted by Crippen LogP contribution is -2.10. The molecule has 0 aliphatic rings. The average Bonchev–Trinajstić information content (AvgIpc) is 3.79. The van der Waals surface area contributed by atoms with E-state index in [1.807, 2.05) is 22.7 Å². The second kappa shape index (κ2) is 12.8. The van der Waals surface area contributed by atoms with E-state index in [1.54, 1.807) is 0 Å². The van der Waals surface area contributed by atoms with Gasteiger partial charge in [0, 0.05) is 53.7 Å². The van der Waals surface area contributed by atoms with E-state index < -0.39 is 0 Å². The Kier molecular flexibility index (Phi) is 7.56. The number of benzene rings is 8. The third-order valence-corrected chi connectivity index (χ3v) is 12.3. The molecule has 10 aromatic rings. The molecule has 0 fully saturated rings. The zero-order chi connectivity index (χ0) is 34.4. The molecule has 0 amide bonds. The first-order chi connectivity index (χ1) is 25.8. The summed E-state index contributed by atoms with van der Waals surface area (Å²) in [5.74, 6) is 0. The van der Waals surface area contributed by atoms with E-state index in [2.05, 4.69) is 204 Å². The van der Waals surface area contributed by atoms with Crippen LogP contribution in [0.3, 0.4) is 0 Å². The molecule has 52 heavy (non-hydrogen) atoms. The first-order valence-electron chi connectivity index (χ1n) is 17.5. The monoisotopic (exact) mass is 700 g/mol. The molecule has 246 valence electrons. The van der Waals surface area contributed by atoms with Crippen LogP contribution in [0.1, 0.15) is 0 Å². The van der Waals surface area contributed by atoms with Crippen LogP contribution in [0.5, 0.6) is 0 Å². The molecule has 8 aromatic carbocycles. The molecule has 0 N–H and O–H groups in total. The summed E-state index contributed by atoms with van der Waals surface area (Å²) in [5.41, 5.74) is 9.28. The molecule has 0 aliphatic heterocycles. The number of nitrogens with zero attached hydrogens (tertiary/aromatic N) is 2. The first-order valence-corrected chi connectivity index (χ1v) is 19.1. The highest BCUT2D eigenvalue weighted by Gasteiger charge is 2.21. The van der Waals surface area contributed by atoms with Gasteiger partial charge in [-0.1, -0.05) is 121 Å². The summed E-state index contributed by atoms with van der Waals surface area (Å²) in [6, 6.07) is 70.1. The van der Waals surface area contributed by atoms with Gasteiger partial charge in [0.05, 0.1) is 20.8 Å². The number of thiophene rings is 2. The summed E-state index contributed by atoms with van der Waals surface area (Å²) in [4.78, 5) is 4.77. The molecular formula is C48H32N2S2. The summed E-state index contributed by atoms with van der Waals surface area (Å²) < 4.78 is 5.20. The van der Waals surface area contributed by atoms with Crippen molar-refractivity contribution in [2.45, 2.75) is 0 Å². The van der Waals surface area contributed by atoms with Crippen molar-refractivity contribution in [3.8, 4) is 11.1 Å². The lowest BCUT2D eigenvalue weighted by Gasteiger charge is -2.27. The number of anilines is 6. The maximum Gasteiger partial charge on any atom is 0.0640 e. The third kappa shape index (κ3) is 5.24. The smallest absolute Gasteiger partial charge is 0.0640 e. The Balaban J connectivity index is 1.08. The van der Waals surface area contributed by atoms with Gasteiger partial charge in [-0.05, 0) is 83.9 Å². The molecule has 2 aromatic heterocycles. The third-order valence-electron chi connectivity index (χ3n) is 9.86. The summed E-state index contributed by atoms with van der Waals surface area (Å²) in [6.45, 7) is 0. The quantitative estimate of drug-likeness (QED) is 0.163. The second-order valence-electron chi connectivity index (χ2n) is 12.9. The van der Waals surface area contributed by atoms with Crippen molar-refractivity contribution in [2.24, 2.45) is 0 Å². The van der Waals surface area contributed by atoms with Crippen molar-refractivity contribution in [1.29, 1.82) is 0 Å². The summed E-state index contributed by atoms with van der Waals surface area (Å²) in [5, 5.41) is 5.20. The Morgan fingerprint density at radius 1 is 0.269 bits per heavy atom. The fourth-order valence-corrected chi connectivity index (χ4v) is 9.84. The molecule has 0 atom stereocenters. The van der Waals surface area contributed by atoms with Crippen molar-refractivity contribution in [1.82, 2.24) is 0 Å². The van der Waals surface area contributed by atoms with E-state index in [9.17, 15) is 0 Å². The van der Waals surface area contributed by atoms with Gasteiger partial charge in [0.15, 0.2) is 0 Å². The lowest BCUT2D eigenvalue weighted by molar-refractivity contribution is 1.28. The molecule has 0 aliphatic carbocycles. The molecule has 0 spiro atoms. The van der Waals surface area contributed by atoms with E-state index in [4.69, 9.17) is 0 Å². The minimum absolute atomic E-state index is 1.12. The van der Waals surface area contributed by atoms with Crippen LogP contribution in [0.4, 0.5) is 34.1 Å². The first kappa shape index (κ1) is 30.6. The Labute approximate surface area is 310 Å². The normalized spacial score (nSPS) is 11.5. The minimum atomic E-state index is 1.12. The van der Waals surface area contributed by atoms with E-state index in [0.717, 1.165) is 22.7 Å². The maximum atomic E-state index is 2.47. The van der Waals surface area contributed by atoms with Crippen molar-refractivity contribution in [3.63, 3.8) is 0 Å². The molecule has 2 heterocycles. The highest BCUT2D eigenvalue weighted by Crippen LogP contribution is 2.49. The van der Waals surface area contributed by atoms with Gasteiger partial charge in [-0.3, -0.25) is 0 Å². The Bertz CT molecular complexity index is 2680. The van der Waals surface area contributed by atoms with E-state index in [-0.39, 0.29) is 0 Å². The average molecular weight is 701 g/mol. The second-order valence-corrected chi connectivity index (χ2v) is 15.0. The topological polar surface area (TPSA) is 6.48 Å². The SMILES string of the molecule is c1ccc(N(c2ccccc2)c2ccc(-c3ccc(N(c4cccc5c4sc4ccccc45)c4cccc5c4sc4ccccc45)cc3)cc2)cc1. The predicted molar refractivity (Wildman–Crippen MR) is 227 cm³/mol. The number of rotatable bonds is 7. The largest absolute Gasteiger partial charge is 0.311 e. The highest BCUT2D eigenvalue weighted by molar-refractivity contribution is 7.27. The van der Waals surface area contributed by atoms with Crippen LogP contribution in [-0.2, 0) is 0 Å². The lowest BCUT2D eigenvalue weighted by atomic mass is 10.0. The van der Waals surface area contributed by atoms with Gasteiger partial charge < -0.3 is 9.80 Å². The Morgan fingerprint density at radius 2 is 0.635 bits per heavy atom. The summed E-state index contributed by atoms with van der Waals surface area (Å²) >= 11 is 3.75. The maximum absolute atomic E-state index is 2.47. The van der Waals surface area contributed by atoms with Gasteiger partial charge in [-0.15, -0.1) is 22.7 Å². The van der Waals surface area contributed by atoms with E-state index in [1.165, 1.54) is 62.8 Å². The van der Waals surface area contributed by atoms with Crippen LogP contribution in [-0.4, -0.2) is 0 Å². The Hall–Kier alpha value is -6.20. The number of para-hydroxylation sites is 2. The fourth-order valence-electron chi connectivity index (χ4n) is 7.43. The zero-order valence-corrected chi connectivity index (χ0v) is 29.8. The van der Waals surface area contributed by atoms with Gasteiger partial charge in [0.2, 0.25) is 0 Å². The van der Waals surface area contributed by atoms with Crippen molar-refractivity contribution >= 4 is 97.1 Å². The van der Waals surface area contributed by atoms with Crippen LogP contribution in [0.2, 0.25) is 0 Å². The number of fused-ring (bicyclic) bond motifs is 6. The van der Waals surface area contributed by atoms with Crippen LogP contribution in [0, 0.1) is 0 Å². The van der Waals surface area contributed by atoms with Crippen LogP contribution < -0.4 is 9.80 Å². The van der Waals surface area contributed by atoms with E-state index >= 15 is 0 Å². The van der Waals surface area contributed by atoms with Crippen LogP contribution >= 0.6 is 22.7 Å².